The van der Waals surface area contributed by atoms with Gasteiger partial charge < -0.3 is 0 Å². The molecule has 1 aliphatic carbocycles. The van der Waals surface area contributed by atoms with E-state index in [4.69, 9.17) is 0 Å². The van der Waals surface area contributed by atoms with E-state index in [0.717, 1.165) is 6.42 Å². The van der Waals surface area contributed by atoms with Gasteiger partial charge in [-0.2, -0.15) is 0 Å². The number of nitrogens with zero attached hydrogens (tertiary/aromatic N) is 1. The SMILES string of the molecule is Cc1ccc2c(c1)Cc1c-2c(C)cc(C)c1-c1cc(C)c(C)c[n+]1C. The Kier molecular flexibility index (Phi) is 3.57. The molecule has 25 heavy (non-hydrogen) atoms. The molecule has 0 saturated carbocycles. The van der Waals surface area contributed by atoms with Crippen LogP contribution in [0.1, 0.15) is 38.9 Å². The van der Waals surface area contributed by atoms with Gasteiger partial charge in [-0.25, -0.2) is 4.57 Å². The van der Waals surface area contributed by atoms with Crippen LogP contribution in [0.25, 0.3) is 22.4 Å². The number of aryl methyl sites for hydroxylation is 6. The maximum Gasteiger partial charge on any atom is 0.213 e. The highest BCUT2D eigenvalue weighted by molar-refractivity contribution is 5.87. The monoisotopic (exact) mass is 328 g/mol. The smallest absolute Gasteiger partial charge is 0.201 e. The second-order valence-electron chi connectivity index (χ2n) is 7.71. The average molecular weight is 328 g/mol. The first kappa shape index (κ1) is 16.1. The lowest BCUT2D eigenvalue weighted by molar-refractivity contribution is -0.660. The molecule has 3 aromatic rings. The number of pyridine rings is 1. The van der Waals surface area contributed by atoms with Crippen LogP contribution in [0.2, 0.25) is 0 Å². The molecule has 1 heteroatoms. The molecule has 0 N–H and O–H groups in total. The summed E-state index contributed by atoms with van der Waals surface area (Å²) in [5, 5.41) is 0. The highest BCUT2D eigenvalue weighted by atomic mass is 14.9. The van der Waals surface area contributed by atoms with E-state index in [9.17, 15) is 0 Å². The van der Waals surface area contributed by atoms with E-state index in [0.29, 0.717) is 0 Å². The molecule has 4 rings (SSSR count). The third-order valence-corrected chi connectivity index (χ3v) is 5.72. The Hall–Kier alpha value is -2.41. The zero-order chi connectivity index (χ0) is 17.9. The molecule has 0 spiro atoms. The highest BCUT2D eigenvalue weighted by Crippen LogP contribution is 2.44. The van der Waals surface area contributed by atoms with Crippen LogP contribution < -0.4 is 4.57 Å². The second kappa shape index (κ2) is 5.56. The van der Waals surface area contributed by atoms with E-state index in [1.165, 1.54) is 61.3 Å². The first-order chi connectivity index (χ1) is 11.9. The van der Waals surface area contributed by atoms with E-state index in [2.05, 4.69) is 82.8 Å². The summed E-state index contributed by atoms with van der Waals surface area (Å²) in [6, 6.07) is 11.6. The Morgan fingerprint density at radius 2 is 1.48 bits per heavy atom. The zero-order valence-electron chi connectivity index (χ0n) is 16.1. The topological polar surface area (TPSA) is 3.88 Å². The van der Waals surface area contributed by atoms with Crippen molar-refractivity contribution >= 4 is 0 Å². The van der Waals surface area contributed by atoms with Gasteiger partial charge in [-0.3, -0.25) is 0 Å². The van der Waals surface area contributed by atoms with Gasteiger partial charge in [-0.15, -0.1) is 0 Å². The van der Waals surface area contributed by atoms with Gasteiger partial charge in [0.15, 0.2) is 6.20 Å². The first-order valence-corrected chi connectivity index (χ1v) is 9.07. The summed E-state index contributed by atoms with van der Waals surface area (Å²) in [6.07, 6.45) is 3.29. The lowest BCUT2D eigenvalue weighted by atomic mass is 9.90. The van der Waals surface area contributed by atoms with Gasteiger partial charge in [0, 0.05) is 11.6 Å². The molecule has 1 nitrogen and oxygen atoms in total. The van der Waals surface area contributed by atoms with Crippen LogP contribution in [0.3, 0.4) is 0 Å². The molecule has 0 unspecified atom stereocenters. The minimum absolute atomic E-state index is 1.04. The number of hydrogen-bond acceptors (Lipinski definition) is 0. The normalized spacial score (nSPS) is 12.2. The van der Waals surface area contributed by atoms with Crippen molar-refractivity contribution in [1.29, 1.82) is 0 Å². The van der Waals surface area contributed by atoms with Crippen molar-refractivity contribution in [2.24, 2.45) is 7.05 Å². The van der Waals surface area contributed by atoms with Crippen LogP contribution in [0.15, 0.2) is 36.5 Å². The molecule has 0 aliphatic heterocycles. The molecule has 1 heterocycles. The average Bonchev–Trinajstić information content (AvgIpc) is 2.90. The van der Waals surface area contributed by atoms with Crippen LogP contribution in [-0.4, -0.2) is 0 Å². The van der Waals surface area contributed by atoms with Crippen molar-refractivity contribution in [2.75, 3.05) is 0 Å². The highest BCUT2D eigenvalue weighted by Gasteiger charge is 2.28. The third-order valence-electron chi connectivity index (χ3n) is 5.72. The van der Waals surface area contributed by atoms with Crippen LogP contribution in [0, 0.1) is 34.6 Å². The molecule has 1 aromatic heterocycles. The predicted octanol–water partition coefficient (Wildman–Crippen LogP) is 5.29. The molecule has 1 aliphatic rings. The molecule has 126 valence electrons. The van der Waals surface area contributed by atoms with Gasteiger partial charge in [0.05, 0.1) is 5.56 Å². The second-order valence-corrected chi connectivity index (χ2v) is 7.71. The van der Waals surface area contributed by atoms with Crippen LogP contribution in [0.5, 0.6) is 0 Å². The summed E-state index contributed by atoms with van der Waals surface area (Å²) in [7, 11) is 2.17. The van der Waals surface area contributed by atoms with Crippen molar-refractivity contribution in [3.63, 3.8) is 0 Å². The van der Waals surface area contributed by atoms with Crippen molar-refractivity contribution in [3.8, 4) is 22.4 Å². The lowest BCUT2D eigenvalue weighted by Crippen LogP contribution is -2.32. The number of benzene rings is 2. The van der Waals surface area contributed by atoms with Crippen LogP contribution in [0.4, 0.5) is 0 Å². The number of fused-ring (bicyclic) bond motifs is 3. The van der Waals surface area contributed by atoms with E-state index < -0.39 is 0 Å². The van der Waals surface area contributed by atoms with Gasteiger partial charge in [-0.05, 0) is 80.0 Å². The minimum Gasteiger partial charge on any atom is -0.201 e. The number of rotatable bonds is 1. The van der Waals surface area contributed by atoms with Gasteiger partial charge in [0.25, 0.3) is 0 Å². The Bertz CT molecular complexity index is 1020. The Balaban J connectivity index is 2.03. The maximum atomic E-state index is 2.36. The largest absolute Gasteiger partial charge is 0.213 e. The van der Waals surface area contributed by atoms with Crippen molar-refractivity contribution in [3.05, 3.63) is 75.5 Å². The van der Waals surface area contributed by atoms with Gasteiger partial charge in [0.2, 0.25) is 5.69 Å². The standard InChI is InChI=1S/C24H26N/c1-14-7-8-20-19(9-14)12-21-23(20)16(3)10-17(4)24(21)22-11-15(2)18(5)13-25(22)6/h7-11,13H,12H2,1-6H3/q+1. The maximum absolute atomic E-state index is 2.36. The summed E-state index contributed by atoms with van der Waals surface area (Å²) in [5.74, 6) is 0. The fourth-order valence-electron chi connectivity index (χ4n) is 4.41. The zero-order valence-corrected chi connectivity index (χ0v) is 16.1. The lowest BCUT2D eigenvalue weighted by Gasteiger charge is -2.14. The summed E-state index contributed by atoms with van der Waals surface area (Å²) in [6.45, 7) is 11.1. The number of aromatic nitrogens is 1. The summed E-state index contributed by atoms with van der Waals surface area (Å²) < 4.78 is 2.29. The van der Waals surface area contributed by atoms with E-state index in [1.807, 2.05) is 0 Å². The van der Waals surface area contributed by atoms with E-state index in [1.54, 1.807) is 0 Å². The summed E-state index contributed by atoms with van der Waals surface area (Å²) >= 11 is 0. The fraction of sp³-hybridized carbons (Fsp3) is 0.292. The molecule has 2 aromatic carbocycles. The predicted molar refractivity (Wildman–Crippen MR) is 105 cm³/mol. The van der Waals surface area contributed by atoms with E-state index >= 15 is 0 Å². The van der Waals surface area contributed by atoms with Gasteiger partial charge >= 0.3 is 0 Å². The number of hydrogen-bond donors (Lipinski definition) is 0. The quantitative estimate of drug-likeness (QED) is 0.418. The van der Waals surface area contributed by atoms with E-state index in [-0.39, 0.29) is 0 Å². The van der Waals surface area contributed by atoms with Gasteiger partial charge in [0.1, 0.15) is 7.05 Å². The van der Waals surface area contributed by atoms with Crippen LogP contribution in [-0.2, 0) is 13.5 Å². The van der Waals surface area contributed by atoms with Gasteiger partial charge in [-0.1, -0.05) is 29.8 Å². The molecular weight excluding hydrogens is 302 g/mol. The molecule has 0 bridgehead atoms. The third kappa shape index (κ3) is 2.41. The van der Waals surface area contributed by atoms with Crippen LogP contribution >= 0.6 is 0 Å². The molecule has 0 amide bonds. The molecule has 0 saturated heterocycles. The Morgan fingerprint density at radius 1 is 0.760 bits per heavy atom. The Labute approximate surface area is 151 Å². The summed E-state index contributed by atoms with van der Waals surface area (Å²) in [4.78, 5) is 0. The molecule has 0 atom stereocenters. The van der Waals surface area contributed by atoms with Crippen molar-refractivity contribution in [2.45, 2.75) is 41.0 Å². The van der Waals surface area contributed by atoms with Crippen molar-refractivity contribution in [1.82, 2.24) is 0 Å². The first-order valence-electron chi connectivity index (χ1n) is 9.07. The van der Waals surface area contributed by atoms with Crippen molar-refractivity contribution < 1.29 is 4.57 Å². The minimum atomic E-state index is 1.04. The molecular formula is C24H26N+. The molecule has 0 fully saturated rings. The molecule has 0 radical (unpaired) electrons. The summed E-state index contributed by atoms with van der Waals surface area (Å²) in [5.41, 5.74) is 15.4. The Morgan fingerprint density at radius 3 is 2.24 bits per heavy atom. The fourth-order valence-corrected chi connectivity index (χ4v) is 4.41.